The highest BCUT2D eigenvalue weighted by atomic mass is 32.2. The van der Waals surface area contributed by atoms with E-state index in [1.807, 2.05) is 6.07 Å². The largest absolute Gasteiger partial charge is 0.493 e. The van der Waals surface area contributed by atoms with E-state index < -0.39 is 32.8 Å². The van der Waals surface area contributed by atoms with Gasteiger partial charge in [0.1, 0.15) is 6.04 Å². The van der Waals surface area contributed by atoms with E-state index in [9.17, 15) is 18.3 Å². The van der Waals surface area contributed by atoms with E-state index in [2.05, 4.69) is 16.6 Å². The number of carboxylic acids is 1. The maximum absolute atomic E-state index is 14.3. The molecule has 0 spiro atoms. The molecule has 0 saturated carbocycles. The summed E-state index contributed by atoms with van der Waals surface area (Å²) >= 11 is 0. The topological polar surface area (TPSA) is 137 Å². The molecule has 2 heterocycles. The lowest BCUT2D eigenvalue weighted by Crippen LogP contribution is -2.67. The number of aliphatic carboxylic acids is 1. The summed E-state index contributed by atoms with van der Waals surface area (Å²) in [5.41, 5.74) is 0.905. The van der Waals surface area contributed by atoms with Gasteiger partial charge in [0.15, 0.2) is 16.4 Å². The van der Waals surface area contributed by atoms with E-state index in [1.165, 1.54) is 38.4 Å². The van der Waals surface area contributed by atoms with Crippen LogP contribution in [0, 0.1) is 12.8 Å². The van der Waals surface area contributed by atoms with Crippen LogP contribution < -0.4 is 18.9 Å². The van der Waals surface area contributed by atoms with Crippen molar-refractivity contribution in [2.45, 2.75) is 43.7 Å². The molecule has 12 heteroatoms. The van der Waals surface area contributed by atoms with Gasteiger partial charge in [0.05, 0.1) is 40.2 Å². The summed E-state index contributed by atoms with van der Waals surface area (Å²) in [5.74, 6) is -1.07. The Balaban J connectivity index is 2.09. The second kappa shape index (κ2) is 12.6. The van der Waals surface area contributed by atoms with Crippen molar-refractivity contribution in [2.75, 3.05) is 39.2 Å². The van der Waals surface area contributed by atoms with E-state index >= 15 is 0 Å². The van der Waals surface area contributed by atoms with Crippen LogP contribution in [-0.4, -0.2) is 74.8 Å². The number of likely N-dealkylation sites (tertiary alicyclic amines) is 1. The molecule has 11 nitrogen and oxygen atoms in total. The van der Waals surface area contributed by atoms with Gasteiger partial charge < -0.3 is 24.1 Å². The van der Waals surface area contributed by atoms with E-state index in [-0.39, 0.29) is 36.9 Å². The fourth-order valence-corrected chi connectivity index (χ4v) is 6.73. The van der Waals surface area contributed by atoms with Gasteiger partial charge in [-0.15, -0.1) is 0 Å². The molecule has 3 rings (SSSR count). The van der Waals surface area contributed by atoms with Gasteiger partial charge in [0.25, 0.3) is 10.0 Å². The Bertz CT molecular complexity index is 1170. The number of piperidine rings is 1. The molecule has 1 aliphatic heterocycles. The van der Waals surface area contributed by atoms with Crippen LogP contribution in [0.15, 0.2) is 36.7 Å². The Morgan fingerprint density at radius 1 is 1.24 bits per heavy atom. The molecule has 1 fully saturated rings. The number of pyridine rings is 1. The van der Waals surface area contributed by atoms with Crippen molar-refractivity contribution < 1.29 is 37.3 Å². The molecule has 1 aromatic heterocycles. The fourth-order valence-electron chi connectivity index (χ4n) is 4.83. The maximum Gasteiger partial charge on any atom is 0.320 e. The number of sulfonamides is 1. The smallest absolute Gasteiger partial charge is 0.320 e. The van der Waals surface area contributed by atoms with Gasteiger partial charge in [-0.2, -0.15) is 0 Å². The SMILES string of the molecule is [CH2]C(C)C(COCc1cccnc1)(N1CCCCC1C(=O)O)S(=O)(=O)Nc1cc(OC)c(OC)c(OC)c1. The minimum Gasteiger partial charge on any atom is -0.493 e. The van der Waals surface area contributed by atoms with Crippen LogP contribution in [0.4, 0.5) is 5.69 Å². The third-order valence-electron chi connectivity index (χ3n) is 6.73. The number of anilines is 1. The van der Waals surface area contributed by atoms with Gasteiger partial charge in [-0.25, -0.2) is 8.42 Å². The van der Waals surface area contributed by atoms with Gasteiger partial charge in [0, 0.05) is 31.1 Å². The molecule has 0 bridgehead atoms. The van der Waals surface area contributed by atoms with E-state index in [4.69, 9.17) is 18.9 Å². The van der Waals surface area contributed by atoms with Crippen LogP contribution in [0.25, 0.3) is 0 Å². The number of methoxy groups -OCH3 is 3. The summed E-state index contributed by atoms with van der Waals surface area (Å²) in [4.78, 5) is 16.0. The zero-order valence-electron chi connectivity index (χ0n) is 22.2. The average molecular weight is 551 g/mol. The number of carboxylic acid groups (broad SMARTS) is 1. The zero-order valence-corrected chi connectivity index (χ0v) is 23.0. The number of carbonyl (C=O) groups is 1. The molecule has 1 aromatic carbocycles. The minimum absolute atomic E-state index is 0.0909. The number of hydrogen-bond acceptors (Lipinski definition) is 9. The molecular formula is C26H36N3O8S. The molecule has 1 aliphatic rings. The number of aromatic nitrogens is 1. The lowest BCUT2D eigenvalue weighted by atomic mass is 9.94. The molecule has 1 saturated heterocycles. The predicted octanol–water partition coefficient (Wildman–Crippen LogP) is 3.17. The number of rotatable bonds is 13. The second-order valence-electron chi connectivity index (χ2n) is 9.16. The van der Waals surface area contributed by atoms with Crippen molar-refractivity contribution in [1.29, 1.82) is 0 Å². The van der Waals surface area contributed by atoms with Crippen LogP contribution in [-0.2, 0) is 26.2 Å². The Morgan fingerprint density at radius 2 is 1.92 bits per heavy atom. The minimum atomic E-state index is -4.37. The van der Waals surface area contributed by atoms with Gasteiger partial charge in [0.2, 0.25) is 5.75 Å². The van der Waals surface area contributed by atoms with Crippen LogP contribution in [0.5, 0.6) is 17.2 Å². The predicted molar refractivity (Wildman–Crippen MR) is 142 cm³/mol. The van der Waals surface area contributed by atoms with Crippen LogP contribution in [0.2, 0.25) is 0 Å². The van der Waals surface area contributed by atoms with E-state index in [0.29, 0.717) is 25.0 Å². The highest BCUT2D eigenvalue weighted by Crippen LogP contribution is 2.42. The average Bonchev–Trinajstić information content (AvgIpc) is 2.90. The van der Waals surface area contributed by atoms with E-state index in [1.54, 1.807) is 25.4 Å². The number of hydrogen-bond donors (Lipinski definition) is 2. The van der Waals surface area contributed by atoms with Gasteiger partial charge in [-0.05, 0) is 37.3 Å². The summed E-state index contributed by atoms with van der Waals surface area (Å²) in [6, 6.07) is 5.49. The first kappa shape index (κ1) is 29.5. The Morgan fingerprint density at radius 3 is 2.45 bits per heavy atom. The monoisotopic (exact) mass is 550 g/mol. The Kier molecular flexibility index (Phi) is 9.80. The van der Waals surface area contributed by atoms with Gasteiger partial charge in [-0.3, -0.25) is 19.4 Å². The first-order valence-corrected chi connectivity index (χ1v) is 13.7. The third kappa shape index (κ3) is 5.97. The first-order chi connectivity index (χ1) is 18.1. The summed E-state index contributed by atoms with van der Waals surface area (Å²) in [6.45, 7) is 5.76. The number of nitrogens with zero attached hydrogens (tertiary/aromatic N) is 2. The molecule has 2 N–H and O–H groups in total. The van der Waals surface area contributed by atoms with Gasteiger partial charge in [-0.1, -0.05) is 19.4 Å². The molecule has 2 aromatic rings. The van der Waals surface area contributed by atoms with Gasteiger partial charge >= 0.3 is 5.97 Å². The van der Waals surface area contributed by atoms with Crippen molar-refractivity contribution >= 4 is 21.7 Å². The molecular weight excluding hydrogens is 514 g/mol. The highest BCUT2D eigenvalue weighted by molar-refractivity contribution is 7.94. The molecule has 3 unspecified atom stereocenters. The van der Waals surface area contributed by atoms with Crippen molar-refractivity contribution in [3.8, 4) is 17.2 Å². The normalized spacial score (nSPS) is 18.0. The van der Waals surface area contributed by atoms with E-state index in [0.717, 1.165) is 5.56 Å². The zero-order chi connectivity index (χ0) is 27.9. The molecule has 38 heavy (non-hydrogen) atoms. The molecule has 1 radical (unpaired) electrons. The first-order valence-electron chi connectivity index (χ1n) is 12.2. The maximum atomic E-state index is 14.3. The van der Waals surface area contributed by atoms with Crippen molar-refractivity contribution in [1.82, 2.24) is 9.88 Å². The van der Waals surface area contributed by atoms with Crippen LogP contribution in [0.3, 0.4) is 0 Å². The fraction of sp³-hybridized carbons (Fsp3) is 0.500. The lowest BCUT2D eigenvalue weighted by molar-refractivity contribution is -0.148. The molecule has 3 atom stereocenters. The van der Waals surface area contributed by atoms with Crippen LogP contribution in [0.1, 0.15) is 31.7 Å². The summed E-state index contributed by atoms with van der Waals surface area (Å²) in [5, 5.41) is 10.0. The third-order valence-corrected chi connectivity index (χ3v) is 8.92. The molecule has 209 valence electrons. The van der Waals surface area contributed by atoms with Crippen LogP contribution >= 0.6 is 0 Å². The summed E-state index contributed by atoms with van der Waals surface area (Å²) < 4.78 is 53.4. The highest BCUT2D eigenvalue weighted by Gasteiger charge is 2.56. The summed E-state index contributed by atoms with van der Waals surface area (Å²) in [6.07, 6.45) is 4.88. The quantitative estimate of drug-likeness (QED) is 0.383. The second-order valence-corrected chi connectivity index (χ2v) is 11.1. The number of benzene rings is 1. The molecule has 0 aliphatic carbocycles. The van der Waals surface area contributed by atoms with Crippen molar-refractivity contribution in [3.05, 3.63) is 49.1 Å². The Labute approximate surface area is 224 Å². The number of nitrogens with one attached hydrogen (secondary N) is 1. The van der Waals surface area contributed by atoms with Crippen molar-refractivity contribution in [2.24, 2.45) is 5.92 Å². The summed E-state index contributed by atoms with van der Waals surface area (Å²) in [7, 11) is -0.0708. The number of ether oxygens (including phenoxy) is 4. The Hall–Kier alpha value is -3.09. The molecule has 0 amide bonds. The van der Waals surface area contributed by atoms with Crippen molar-refractivity contribution in [3.63, 3.8) is 0 Å². The lowest BCUT2D eigenvalue weighted by Gasteiger charge is -2.49. The standard InChI is InChI=1S/C26H36N3O8S/c1-18(2)26(17-37-16-19-9-8-11-27-15-19,29-12-7-6-10-21(29)25(30)31)38(32,33)28-20-13-22(34-3)24(36-5)23(14-20)35-4/h8-9,11,13-15,18,21,28H,1,6-7,10,12,16-17H2,2-5H3,(H,30,31).